The molecule has 0 heterocycles. The summed E-state index contributed by atoms with van der Waals surface area (Å²) in [5, 5.41) is 0. The Balaban J connectivity index is 1.78. The molecule has 6 aromatic rings. The minimum atomic E-state index is -6.03. The van der Waals surface area contributed by atoms with Gasteiger partial charge in [-0.1, -0.05) is 0 Å². The first-order chi connectivity index (χ1) is 54.2. The first kappa shape index (κ1) is 95.8. The van der Waals surface area contributed by atoms with E-state index in [0.717, 1.165) is 0 Å². The molecule has 0 radical (unpaired) electrons. The average Bonchev–Trinajstić information content (AvgIpc) is 0.743. The van der Waals surface area contributed by atoms with E-state index in [1.165, 1.54) is 0 Å². The van der Waals surface area contributed by atoms with Crippen LogP contribution in [-0.4, -0.2) is 228 Å². The van der Waals surface area contributed by atoms with E-state index in [-0.39, 0.29) is 109 Å². The Morgan fingerprint density at radius 2 is 0.233 bits per heavy atom. The van der Waals surface area contributed by atoms with Crippen molar-refractivity contribution in [1.29, 1.82) is 0 Å². The van der Waals surface area contributed by atoms with Crippen LogP contribution in [0.25, 0.3) is 0 Å². The molecular formula is C48H36O60S12. The van der Waals surface area contributed by atoms with E-state index >= 15 is 28.8 Å². The maximum absolute atomic E-state index is 15.3. The Labute approximate surface area is 667 Å². The number of hydrogen-bond donors (Lipinski definition) is 12. The van der Waals surface area contributed by atoms with Gasteiger partial charge in [0.15, 0.2) is 36.6 Å². The zero-order valence-electron chi connectivity index (χ0n) is 55.7. The molecular weight excluding hydrogens is 1920 g/mol. The van der Waals surface area contributed by atoms with Gasteiger partial charge in [-0.2, -0.15) is 101 Å². The molecule has 0 bridgehead atoms. The lowest BCUT2D eigenvalue weighted by Gasteiger charge is -2.47. The minimum Gasteiger partial charge on any atom is -0.450 e. The lowest BCUT2D eigenvalue weighted by Crippen LogP contribution is -2.69. The third kappa shape index (κ3) is 32.1. The molecule has 1 aliphatic carbocycles. The van der Waals surface area contributed by atoms with Crippen LogP contribution < -0.4 is 50.2 Å². The summed E-state index contributed by atoms with van der Waals surface area (Å²) in [5.74, 6) is -35.5. The summed E-state index contributed by atoms with van der Waals surface area (Å²) in [6.45, 7) is 0. The standard InChI is InChI=1S/C48H36O60S12/c49-43(19-1-25(97-109(55,56)57)13-26(2-19)98-110(58,59)60)91-37-38(92-44(50)20-3-27(99-111(61,62)63)14-28(4-20)100-112(64,65)66)40(94-46(52)22-7-31(103-115(73,74)75)16-32(8-22)104-116(76,77)78)42(96-48(54)24-11-35(107-119(85,86)87)18-36(12-24)108-120(88,89)90)41(95-47(53)23-9-33(105-117(79,80)81)17-34(10-23)106-118(82,83)84)39(37)93-45(51)21-5-29(101-113(67,68)69)15-30(6-21)102-114(70,71)72/h1-18,37-42H,(H,55,56,57)(H,58,59,60)(H,61,62,63)(H,64,65,66)(H,67,68,69)(H,70,71,72)(H,73,74,75)(H,76,77,78)(H,79,80,81)(H,82,83,84)(H,85,86,87)(H,88,89,90). The first-order valence-corrected chi connectivity index (χ1v) is 44.8. The second-order valence-corrected chi connectivity index (χ2v) is 33.8. The highest BCUT2D eigenvalue weighted by Crippen LogP contribution is 2.41. The molecule has 0 atom stereocenters. The van der Waals surface area contributed by atoms with Gasteiger partial charge in [0.1, 0.15) is 69.0 Å². The van der Waals surface area contributed by atoms with E-state index < -0.39 is 300 Å². The van der Waals surface area contributed by atoms with Gasteiger partial charge in [-0.25, -0.2) is 28.8 Å². The highest BCUT2D eigenvalue weighted by atomic mass is 32.3. The molecule has 120 heavy (non-hydrogen) atoms. The summed E-state index contributed by atoms with van der Waals surface area (Å²) in [5.41, 5.74) is -10.4. The van der Waals surface area contributed by atoms with Crippen LogP contribution in [0.4, 0.5) is 0 Å². The summed E-state index contributed by atoms with van der Waals surface area (Å²) < 4.78 is 491. The molecule has 0 aliphatic heterocycles. The molecule has 1 saturated carbocycles. The predicted octanol–water partition coefficient (Wildman–Crippen LogP) is -2.47. The fourth-order valence-corrected chi connectivity index (χ4v) is 13.3. The van der Waals surface area contributed by atoms with E-state index in [2.05, 4.69) is 50.2 Å². The van der Waals surface area contributed by atoms with Crippen molar-refractivity contribution >= 4 is 161 Å². The van der Waals surface area contributed by atoms with Gasteiger partial charge < -0.3 is 78.6 Å². The van der Waals surface area contributed by atoms with Gasteiger partial charge in [0.2, 0.25) is 0 Å². The molecule has 12 N–H and O–H groups in total. The molecule has 0 amide bonds. The monoisotopic (exact) mass is 1960 g/mol. The van der Waals surface area contributed by atoms with Gasteiger partial charge in [0, 0.05) is 36.4 Å². The van der Waals surface area contributed by atoms with Gasteiger partial charge in [0.25, 0.3) is 0 Å². The maximum Gasteiger partial charge on any atom is 0.446 e. The topological polar surface area (TPSA) is 921 Å². The van der Waals surface area contributed by atoms with E-state index in [1.807, 2.05) is 0 Å². The van der Waals surface area contributed by atoms with Crippen molar-refractivity contribution in [2.24, 2.45) is 0 Å². The van der Waals surface area contributed by atoms with Gasteiger partial charge in [-0.3, -0.25) is 54.6 Å². The number of esters is 6. The number of carbonyl (C=O) groups is 6. The number of rotatable bonds is 36. The van der Waals surface area contributed by atoms with Crippen molar-refractivity contribution in [3.63, 3.8) is 0 Å². The van der Waals surface area contributed by atoms with Crippen LogP contribution in [0.15, 0.2) is 109 Å². The highest BCUT2D eigenvalue weighted by Gasteiger charge is 2.62. The number of ether oxygens (including phenoxy) is 6. The highest BCUT2D eigenvalue weighted by molar-refractivity contribution is 7.83. The molecule has 1 fully saturated rings. The normalized spacial score (nSPS) is 17.0. The van der Waals surface area contributed by atoms with Crippen LogP contribution in [0.1, 0.15) is 62.1 Å². The Bertz CT molecular complexity index is 5280. The molecule has 0 spiro atoms. The molecule has 0 unspecified atom stereocenters. The fraction of sp³-hybridized carbons (Fsp3) is 0.125. The first-order valence-electron chi connectivity index (χ1n) is 28.4. The van der Waals surface area contributed by atoms with Crippen molar-refractivity contribution in [2.75, 3.05) is 0 Å². The van der Waals surface area contributed by atoms with Crippen molar-refractivity contribution in [1.82, 2.24) is 0 Å². The number of benzene rings is 6. The summed E-state index contributed by atoms with van der Waals surface area (Å²) >= 11 is 0. The lowest BCUT2D eigenvalue weighted by atomic mass is 9.83. The summed E-state index contributed by atoms with van der Waals surface area (Å²) in [6, 6.07) is -0.626. The minimum absolute atomic E-state index is 0.0188. The van der Waals surface area contributed by atoms with Crippen molar-refractivity contribution in [3.8, 4) is 69.0 Å². The van der Waals surface area contributed by atoms with Crippen LogP contribution in [0, 0.1) is 0 Å². The molecule has 7 rings (SSSR count). The second kappa shape index (κ2) is 35.2. The van der Waals surface area contributed by atoms with Gasteiger partial charge in [0.05, 0.1) is 33.4 Å². The van der Waals surface area contributed by atoms with E-state index in [4.69, 9.17) is 28.4 Å². The summed E-state index contributed by atoms with van der Waals surface area (Å²) in [4.78, 5) is 91.6. The quantitative estimate of drug-likeness (QED) is 0.0110. The summed E-state index contributed by atoms with van der Waals surface area (Å²) in [6.07, 6.45) is -23.5. The number of carbonyl (C=O) groups excluding carboxylic acids is 6. The molecule has 60 nitrogen and oxygen atoms in total. The van der Waals surface area contributed by atoms with Crippen LogP contribution in [-0.2, 0) is 153 Å². The van der Waals surface area contributed by atoms with Gasteiger partial charge in [-0.15, -0.1) is 0 Å². The zero-order chi connectivity index (χ0) is 90.8. The second-order valence-electron chi connectivity index (χ2n) is 21.5. The molecule has 0 saturated heterocycles. The Hall–Kier alpha value is -11.3. The SMILES string of the molecule is O=C(OC1C(OC(=O)c2cc(OS(=O)(=O)O)cc(OS(=O)(=O)O)c2)C(OC(=O)c2cc(OS(=O)(=O)O)cc(OS(=O)(=O)O)c2)C(OC(=O)c2cc(OS(=O)(=O)O)cc(OS(=O)(=O)O)c2)C(OC(=O)c2cc(OS(=O)(=O)O)cc(OS(=O)(=O)O)c2)C1OC(=O)c1cc(OS(=O)(=O)O)cc(OS(=O)(=O)O)c1)c1cc(OS(=O)(=O)O)cc(OS(=O)(=O)O)c1. The lowest BCUT2D eigenvalue weighted by molar-refractivity contribution is -0.223. The molecule has 660 valence electrons. The van der Waals surface area contributed by atoms with Crippen LogP contribution >= 0.6 is 0 Å². The van der Waals surface area contributed by atoms with Crippen molar-refractivity contribution in [2.45, 2.75) is 36.6 Å². The Morgan fingerprint density at radius 3 is 0.300 bits per heavy atom. The molecule has 1 aliphatic rings. The third-order valence-corrected chi connectivity index (χ3v) is 17.4. The average molecular weight is 1960 g/mol. The van der Waals surface area contributed by atoms with Crippen molar-refractivity contribution in [3.05, 3.63) is 143 Å². The van der Waals surface area contributed by atoms with E-state index in [1.54, 1.807) is 0 Å². The van der Waals surface area contributed by atoms with Crippen molar-refractivity contribution < 1.29 is 263 Å². The molecule has 6 aromatic carbocycles. The molecule has 72 heteroatoms. The van der Waals surface area contributed by atoms with E-state index in [0.29, 0.717) is 0 Å². The largest absolute Gasteiger partial charge is 0.450 e. The maximum atomic E-state index is 15.3. The van der Waals surface area contributed by atoms with Gasteiger partial charge in [-0.05, 0) is 72.8 Å². The predicted molar refractivity (Wildman–Crippen MR) is 360 cm³/mol. The van der Waals surface area contributed by atoms with Gasteiger partial charge >= 0.3 is 161 Å². The van der Waals surface area contributed by atoms with E-state index in [9.17, 15) is 156 Å². The van der Waals surface area contributed by atoms with Crippen LogP contribution in [0.5, 0.6) is 69.0 Å². The van der Waals surface area contributed by atoms with Crippen LogP contribution in [0.3, 0.4) is 0 Å². The third-order valence-electron chi connectivity index (χ3n) is 12.5. The number of hydrogen-bond acceptors (Lipinski definition) is 48. The smallest absolute Gasteiger partial charge is 0.446 e. The Morgan fingerprint density at radius 1 is 0.158 bits per heavy atom. The Kier molecular flexibility index (Phi) is 28.1. The van der Waals surface area contributed by atoms with Crippen LogP contribution in [0.2, 0.25) is 0 Å². The molecule has 0 aromatic heterocycles. The fourth-order valence-electron chi connectivity index (χ4n) is 9.25. The summed E-state index contributed by atoms with van der Waals surface area (Å²) in [7, 11) is -72.4. The zero-order valence-corrected chi connectivity index (χ0v) is 65.5.